The molecule has 1 heterocycles. The first-order valence-electron chi connectivity index (χ1n) is 7.94. The maximum Gasteiger partial charge on any atom is 0.348 e. The molecule has 0 fully saturated rings. The minimum atomic E-state index is -1.05. The second kappa shape index (κ2) is 9.40. The Morgan fingerprint density at radius 2 is 1.92 bits per heavy atom. The van der Waals surface area contributed by atoms with E-state index in [4.69, 9.17) is 32.7 Å². The third kappa shape index (κ3) is 5.61. The van der Waals surface area contributed by atoms with Gasteiger partial charge in [0.1, 0.15) is 5.75 Å². The molecule has 2 atom stereocenters. The Hall–Kier alpha value is -2.31. The number of pyridine rings is 1. The number of carbonyl (C=O) groups excluding carboxylic acids is 2. The number of ether oxygens (including phenoxy) is 2. The average Bonchev–Trinajstić information content (AvgIpc) is 2.62. The van der Waals surface area contributed by atoms with E-state index in [0.29, 0.717) is 17.2 Å². The van der Waals surface area contributed by atoms with Crippen LogP contribution in [0.3, 0.4) is 0 Å². The molecule has 0 aliphatic rings. The number of nitrogens with zero attached hydrogens (tertiary/aromatic N) is 1. The summed E-state index contributed by atoms with van der Waals surface area (Å²) in [5.74, 6) is -0.513. The van der Waals surface area contributed by atoms with E-state index in [1.54, 1.807) is 31.2 Å². The quantitative estimate of drug-likeness (QED) is 0.712. The fraction of sp³-hybridized carbons (Fsp3) is 0.278. The third-order valence-electron chi connectivity index (χ3n) is 3.37. The number of benzene rings is 1. The zero-order chi connectivity index (χ0) is 19.1. The van der Waals surface area contributed by atoms with Crippen LogP contribution in [-0.4, -0.2) is 29.1 Å². The molecule has 2 aromatic rings. The number of carbonyl (C=O) groups is 2. The minimum absolute atomic E-state index is 0.136. The van der Waals surface area contributed by atoms with Crippen molar-refractivity contribution in [1.29, 1.82) is 0 Å². The van der Waals surface area contributed by atoms with Crippen LogP contribution in [0.2, 0.25) is 10.0 Å². The van der Waals surface area contributed by atoms with Gasteiger partial charge < -0.3 is 14.8 Å². The first-order chi connectivity index (χ1) is 12.4. The summed E-state index contributed by atoms with van der Waals surface area (Å²) >= 11 is 11.7. The molecule has 1 aromatic carbocycles. The van der Waals surface area contributed by atoms with Crippen LogP contribution >= 0.6 is 23.2 Å². The molecular weight excluding hydrogens is 379 g/mol. The van der Waals surface area contributed by atoms with Gasteiger partial charge in [0, 0.05) is 6.20 Å². The van der Waals surface area contributed by atoms with Crippen molar-refractivity contribution in [2.24, 2.45) is 0 Å². The maximum atomic E-state index is 12.3. The van der Waals surface area contributed by atoms with Crippen LogP contribution in [0.25, 0.3) is 0 Å². The summed E-state index contributed by atoms with van der Waals surface area (Å²) in [4.78, 5) is 28.4. The Balaban J connectivity index is 1.94. The van der Waals surface area contributed by atoms with Gasteiger partial charge >= 0.3 is 5.97 Å². The topological polar surface area (TPSA) is 77.5 Å². The Bertz CT molecular complexity index is 771. The van der Waals surface area contributed by atoms with Crippen LogP contribution in [-0.2, 0) is 14.3 Å². The molecule has 0 saturated heterocycles. The lowest BCUT2D eigenvalue weighted by atomic mass is 10.2. The number of para-hydroxylation sites is 1. The molecule has 1 aromatic heterocycles. The number of rotatable bonds is 7. The normalized spacial score (nSPS) is 12.8. The van der Waals surface area contributed by atoms with E-state index >= 15 is 0 Å². The predicted octanol–water partition coefficient (Wildman–Crippen LogP) is 4.12. The Kier molecular flexibility index (Phi) is 7.24. The molecule has 26 heavy (non-hydrogen) atoms. The Morgan fingerprint density at radius 1 is 1.23 bits per heavy atom. The number of hydrogen-bond acceptors (Lipinski definition) is 5. The molecular formula is C18H18Cl2N2O4. The maximum absolute atomic E-state index is 12.3. The lowest BCUT2D eigenvalue weighted by molar-refractivity contribution is -0.160. The molecule has 8 heteroatoms. The van der Waals surface area contributed by atoms with Gasteiger partial charge in [-0.3, -0.25) is 4.79 Å². The van der Waals surface area contributed by atoms with Crippen LogP contribution in [0.4, 0.5) is 5.82 Å². The van der Waals surface area contributed by atoms with Gasteiger partial charge in [-0.05, 0) is 31.5 Å². The summed E-state index contributed by atoms with van der Waals surface area (Å²) < 4.78 is 10.8. The van der Waals surface area contributed by atoms with Crippen molar-refractivity contribution >= 4 is 40.9 Å². The molecule has 0 aliphatic carbocycles. The van der Waals surface area contributed by atoms with E-state index in [2.05, 4.69) is 10.3 Å². The monoisotopic (exact) mass is 396 g/mol. The highest BCUT2D eigenvalue weighted by atomic mass is 35.5. The third-order valence-corrected chi connectivity index (χ3v) is 3.86. The predicted molar refractivity (Wildman–Crippen MR) is 99.6 cm³/mol. The Morgan fingerprint density at radius 3 is 2.54 bits per heavy atom. The number of halogens is 2. The lowest BCUT2D eigenvalue weighted by Crippen LogP contribution is -2.36. The smallest absolute Gasteiger partial charge is 0.348 e. The van der Waals surface area contributed by atoms with Crippen LogP contribution in [0.15, 0.2) is 42.6 Å². The first kappa shape index (κ1) is 20.0. The average molecular weight is 397 g/mol. The number of nitrogens with one attached hydrogen (secondary N) is 1. The van der Waals surface area contributed by atoms with E-state index < -0.39 is 24.1 Å². The lowest BCUT2D eigenvalue weighted by Gasteiger charge is -2.19. The molecule has 0 unspecified atom stereocenters. The second-order valence-electron chi connectivity index (χ2n) is 5.38. The molecule has 6 nitrogen and oxygen atoms in total. The van der Waals surface area contributed by atoms with E-state index in [1.165, 1.54) is 19.2 Å². The summed E-state index contributed by atoms with van der Waals surface area (Å²) in [7, 11) is 0. The van der Waals surface area contributed by atoms with Gasteiger partial charge in [0.15, 0.2) is 18.0 Å². The van der Waals surface area contributed by atoms with Crippen LogP contribution in [0, 0.1) is 0 Å². The van der Waals surface area contributed by atoms with Crippen molar-refractivity contribution in [2.75, 3.05) is 5.32 Å². The molecule has 0 radical (unpaired) electrons. The molecule has 1 N–H and O–H groups in total. The number of hydrogen-bond donors (Lipinski definition) is 1. The van der Waals surface area contributed by atoms with Crippen molar-refractivity contribution in [2.45, 2.75) is 32.5 Å². The van der Waals surface area contributed by atoms with Crippen LogP contribution < -0.4 is 10.1 Å². The highest BCUT2D eigenvalue weighted by Crippen LogP contribution is 2.22. The largest absolute Gasteiger partial charge is 0.479 e. The summed E-state index contributed by atoms with van der Waals surface area (Å²) in [6.45, 7) is 3.24. The van der Waals surface area contributed by atoms with Crippen molar-refractivity contribution in [3.63, 3.8) is 0 Å². The van der Waals surface area contributed by atoms with Crippen LogP contribution in [0.1, 0.15) is 20.3 Å². The molecule has 0 saturated carbocycles. The first-order valence-corrected chi connectivity index (χ1v) is 8.70. The molecule has 1 amide bonds. The van der Waals surface area contributed by atoms with Crippen molar-refractivity contribution in [1.82, 2.24) is 4.98 Å². The number of anilines is 1. The molecule has 0 bridgehead atoms. The van der Waals surface area contributed by atoms with Gasteiger partial charge in [-0.25, -0.2) is 9.78 Å². The second-order valence-corrected chi connectivity index (χ2v) is 6.22. The van der Waals surface area contributed by atoms with Gasteiger partial charge in [0.05, 0.1) is 10.0 Å². The summed E-state index contributed by atoms with van der Waals surface area (Å²) in [6.07, 6.45) is -0.123. The van der Waals surface area contributed by atoms with Crippen LogP contribution in [0.5, 0.6) is 5.75 Å². The highest BCUT2D eigenvalue weighted by molar-refractivity contribution is 6.36. The summed E-state index contributed by atoms with van der Waals surface area (Å²) in [5.41, 5.74) is 0. The van der Waals surface area contributed by atoms with E-state index in [9.17, 15) is 9.59 Å². The fourth-order valence-electron chi connectivity index (χ4n) is 1.99. The number of esters is 1. The van der Waals surface area contributed by atoms with E-state index in [0.717, 1.165) is 0 Å². The zero-order valence-electron chi connectivity index (χ0n) is 14.2. The summed E-state index contributed by atoms with van der Waals surface area (Å²) in [5, 5.41) is 3.02. The van der Waals surface area contributed by atoms with E-state index in [-0.39, 0.29) is 10.8 Å². The van der Waals surface area contributed by atoms with Crippen molar-refractivity contribution < 1.29 is 19.1 Å². The van der Waals surface area contributed by atoms with Crippen molar-refractivity contribution in [3.8, 4) is 5.75 Å². The van der Waals surface area contributed by atoms with Gasteiger partial charge in [-0.15, -0.1) is 0 Å². The minimum Gasteiger partial charge on any atom is -0.479 e. The molecule has 138 valence electrons. The zero-order valence-corrected chi connectivity index (χ0v) is 15.8. The van der Waals surface area contributed by atoms with Gasteiger partial charge in [-0.2, -0.15) is 0 Å². The van der Waals surface area contributed by atoms with Gasteiger partial charge in [0.2, 0.25) is 0 Å². The SMILES string of the molecule is CC[C@H](Oc1ccccc1)C(=O)O[C@@H](C)C(=O)Nc1ncc(Cl)cc1Cl. The number of aromatic nitrogens is 1. The fourth-order valence-corrected chi connectivity index (χ4v) is 2.42. The summed E-state index contributed by atoms with van der Waals surface area (Å²) in [6, 6.07) is 10.4. The van der Waals surface area contributed by atoms with Crippen molar-refractivity contribution in [3.05, 3.63) is 52.6 Å². The Labute approximate surface area is 161 Å². The molecule has 0 aliphatic heterocycles. The van der Waals surface area contributed by atoms with Gasteiger partial charge in [-0.1, -0.05) is 48.3 Å². The standard InChI is InChI=1S/C18H18Cl2N2O4/c1-3-15(26-13-7-5-4-6-8-13)18(24)25-11(2)17(23)22-16-14(20)9-12(19)10-21-16/h4-11,15H,3H2,1-2H3,(H,21,22,23)/t11-,15-/m0/s1. The van der Waals surface area contributed by atoms with Gasteiger partial charge in [0.25, 0.3) is 5.91 Å². The molecule has 2 rings (SSSR count). The van der Waals surface area contributed by atoms with E-state index in [1.807, 2.05) is 6.07 Å². The molecule has 0 spiro atoms. The highest BCUT2D eigenvalue weighted by Gasteiger charge is 2.26. The number of amides is 1.